The Morgan fingerprint density at radius 3 is 2.36 bits per heavy atom. The van der Waals surface area contributed by atoms with Gasteiger partial charge in [-0.25, -0.2) is 9.78 Å². The van der Waals surface area contributed by atoms with Crippen molar-refractivity contribution in [2.24, 2.45) is 11.3 Å². The van der Waals surface area contributed by atoms with Gasteiger partial charge in [-0.15, -0.1) is 0 Å². The molecule has 4 fully saturated rings. The predicted molar refractivity (Wildman–Crippen MR) is 165 cm³/mol. The van der Waals surface area contributed by atoms with Gasteiger partial charge in [0.25, 0.3) is 0 Å². The van der Waals surface area contributed by atoms with Crippen LogP contribution in [0, 0.1) is 11.3 Å². The Labute approximate surface area is 249 Å². The first kappa shape index (κ1) is 28.6. The van der Waals surface area contributed by atoms with E-state index in [2.05, 4.69) is 58.3 Å². The molecule has 224 valence electrons. The number of nitrogens with one attached hydrogen (secondary N) is 2. The maximum Gasteiger partial charge on any atom is 0.323 e. The molecule has 9 nitrogen and oxygen atoms in total. The summed E-state index contributed by atoms with van der Waals surface area (Å²) in [5.41, 5.74) is 4.03. The summed E-state index contributed by atoms with van der Waals surface area (Å²) in [5.74, 6) is 2.22. The third-order valence-electron chi connectivity index (χ3n) is 9.87. The van der Waals surface area contributed by atoms with Gasteiger partial charge in [0.15, 0.2) is 0 Å². The first-order chi connectivity index (χ1) is 20.2. The molecule has 2 bridgehead atoms. The second-order valence-corrected chi connectivity index (χ2v) is 13.2. The van der Waals surface area contributed by atoms with E-state index in [4.69, 9.17) is 4.98 Å². The molecular weight excluding hydrogens is 526 g/mol. The highest BCUT2D eigenvalue weighted by molar-refractivity contribution is 5.94. The Kier molecular flexibility index (Phi) is 7.96. The maximum absolute atomic E-state index is 12.5. The van der Waals surface area contributed by atoms with E-state index in [1.165, 1.54) is 42.9 Å². The zero-order valence-corrected chi connectivity index (χ0v) is 25.3. The van der Waals surface area contributed by atoms with E-state index in [1.54, 1.807) is 11.1 Å². The minimum Gasteiger partial charge on any atom is -0.348 e. The van der Waals surface area contributed by atoms with Gasteiger partial charge < -0.3 is 15.5 Å². The number of hydrogen-bond acceptors (Lipinski definition) is 6. The quantitative estimate of drug-likeness (QED) is 0.390. The lowest BCUT2D eigenvalue weighted by Crippen LogP contribution is -2.53. The van der Waals surface area contributed by atoms with E-state index in [-0.39, 0.29) is 24.0 Å². The van der Waals surface area contributed by atoms with Crippen LogP contribution >= 0.6 is 0 Å². The standard InChI is InChI=1S/C33H45N7O2/c1-5-29(41)39-14-6-12-38(13-7-15-39)28(19-33-16-24(17-33)18-33)26-10-8-25(9-11-26)23(4)36-31-34-20-27-21-35-32(42)40(22(2)3)30(27)37-31/h5,8-11,20,22-24,28H,1,6-7,12-19,21H2,2-4H3,(H,35,42)(H,34,36,37)/t23-,24?,28?,33?/m0/s1. The largest absolute Gasteiger partial charge is 0.348 e. The molecule has 2 N–H and O–H groups in total. The van der Waals surface area contributed by atoms with Crippen LogP contribution in [0.4, 0.5) is 16.6 Å². The molecule has 1 saturated heterocycles. The number of benzene rings is 1. The molecular formula is C33H45N7O2. The second-order valence-electron chi connectivity index (χ2n) is 13.2. The number of carbonyl (C=O) groups is 2. The number of carbonyl (C=O) groups excluding carboxylic acids is 2. The lowest BCUT2D eigenvalue weighted by atomic mass is 9.42. The monoisotopic (exact) mass is 571 g/mol. The van der Waals surface area contributed by atoms with Gasteiger partial charge in [-0.05, 0) is 87.8 Å². The van der Waals surface area contributed by atoms with E-state index in [0.717, 1.165) is 50.5 Å². The lowest BCUT2D eigenvalue weighted by molar-refractivity contribution is -0.129. The Bertz CT molecular complexity index is 1300. The zero-order valence-electron chi connectivity index (χ0n) is 25.3. The van der Waals surface area contributed by atoms with Crippen LogP contribution in [-0.2, 0) is 11.3 Å². The van der Waals surface area contributed by atoms with Gasteiger partial charge in [-0.1, -0.05) is 30.8 Å². The number of fused-ring (bicyclic) bond motifs is 1. The summed E-state index contributed by atoms with van der Waals surface area (Å²) >= 11 is 0. The van der Waals surface area contributed by atoms with Crippen molar-refractivity contribution in [3.8, 4) is 0 Å². The highest BCUT2D eigenvalue weighted by Gasteiger charge is 2.57. The van der Waals surface area contributed by atoms with Crippen molar-refractivity contribution >= 4 is 23.7 Å². The van der Waals surface area contributed by atoms with Crippen molar-refractivity contribution < 1.29 is 9.59 Å². The normalized spacial score (nSPS) is 25.2. The molecule has 0 radical (unpaired) electrons. The maximum atomic E-state index is 12.5. The second kappa shape index (κ2) is 11.7. The number of urea groups is 1. The molecule has 1 aromatic carbocycles. The minimum atomic E-state index is -0.123. The third-order valence-corrected chi connectivity index (χ3v) is 9.87. The van der Waals surface area contributed by atoms with Crippen LogP contribution in [0.25, 0.3) is 0 Å². The Morgan fingerprint density at radius 1 is 1.10 bits per heavy atom. The zero-order chi connectivity index (χ0) is 29.4. The van der Waals surface area contributed by atoms with E-state index in [0.29, 0.717) is 29.8 Å². The van der Waals surface area contributed by atoms with Crippen LogP contribution in [0.1, 0.15) is 88.1 Å². The van der Waals surface area contributed by atoms with Crippen molar-refractivity contribution in [2.45, 2.75) is 84.0 Å². The van der Waals surface area contributed by atoms with Crippen molar-refractivity contribution in [3.05, 3.63) is 59.8 Å². The topological polar surface area (TPSA) is 93.7 Å². The van der Waals surface area contributed by atoms with Gasteiger partial charge >= 0.3 is 6.03 Å². The van der Waals surface area contributed by atoms with Gasteiger partial charge in [0.1, 0.15) is 5.82 Å². The lowest BCUT2D eigenvalue weighted by Gasteiger charge is -2.63. The third kappa shape index (κ3) is 5.63. The highest BCUT2D eigenvalue weighted by Crippen LogP contribution is 2.68. The van der Waals surface area contributed by atoms with Crippen molar-refractivity contribution in [1.82, 2.24) is 25.1 Å². The molecule has 3 heterocycles. The van der Waals surface area contributed by atoms with Gasteiger partial charge in [0.2, 0.25) is 11.9 Å². The summed E-state index contributed by atoms with van der Waals surface area (Å²) in [6, 6.07) is 9.39. The average Bonchev–Trinajstić information content (AvgIpc) is 2.91. The molecule has 1 aromatic heterocycles. The fraction of sp³-hybridized carbons (Fsp3) is 0.576. The Balaban J connectivity index is 1.16. The van der Waals surface area contributed by atoms with Crippen molar-refractivity contribution in [1.29, 1.82) is 0 Å². The van der Waals surface area contributed by atoms with Crippen LogP contribution in [0.15, 0.2) is 43.1 Å². The molecule has 0 spiro atoms. The van der Waals surface area contributed by atoms with Crippen LogP contribution in [0.3, 0.4) is 0 Å². The van der Waals surface area contributed by atoms with E-state index in [1.807, 2.05) is 18.7 Å². The molecule has 3 aliphatic carbocycles. The molecule has 9 heteroatoms. The molecule has 2 aromatic rings. The minimum absolute atomic E-state index is 0.00263. The predicted octanol–water partition coefficient (Wildman–Crippen LogP) is 5.43. The summed E-state index contributed by atoms with van der Waals surface area (Å²) in [6.45, 7) is 13.8. The molecule has 3 saturated carbocycles. The summed E-state index contributed by atoms with van der Waals surface area (Å²) in [7, 11) is 0. The fourth-order valence-corrected chi connectivity index (χ4v) is 7.51. The number of hydrogen-bond donors (Lipinski definition) is 2. The average molecular weight is 572 g/mol. The molecule has 7 rings (SSSR count). The summed E-state index contributed by atoms with van der Waals surface area (Å²) in [5, 5.41) is 6.36. The van der Waals surface area contributed by atoms with Crippen molar-refractivity contribution in [2.75, 3.05) is 36.4 Å². The number of rotatable bonds is 9. The van der Waals surface area contributed by atoms with Crippen LogP contribution in [-0.4, -0.2) is 63.9 Å². The van der Waals surface area contributed by atoms with Gasteiger partial charge in [-0.3, -0.25) is 14.6 Å². The first-order valence-corrected chi connectivity index (χ1v) is 15.7. The molecule has 2 aliphatic heterocycles. The van der Waals surface area contributed by atoms with Gasteiger partial charge in [0.05, 0.1) is 6.04 Å². The van der Waals surface area contributed by atoms with E-state index >= 15 is 0 Å². The van der Waals surface area contributed by atoms with Gasteiger partial charge in [0, 0.05) is 56.6 Å². The van der Waals surface area contributed by atoms with E-state index < -0.39 is 0 Å². The van der Waals surface area contributed by atoms with Crippen molar-refractivity contribution in [3.63, 3.8) is 0 Å². The van der Waals surface area contributed by atoms with E-state index in [9.17, 15) is 9.59 Å². The van der Waals surface area contributed by atoms with Crippen LogP contribution < -0.4 is 15.5 Å². The highest BCUT2D eigenvalue weighted by atomic mass is 16.2. The summed E-state index contributed by atoms with van der Waals surface area (Å²) in [6.07, 6.45) is 10.6. The number of anilines is 2. The smallest absolute Gasteiger partial charge is 0.323 e. The molecule has 42 heavy (non-hydrogen) atoms. The fourth-order valence-electron chi connectivity index (χ4n) is 7.51. The van der Waals surface area contributed by atoms with Gasteiger partial charge in [-0.2, -0.15) is 4.98 Å². The number of aromatic nitrogens is 2. The number of nitrogens with zero attached hydrogens (tertiary/aromatic N) is 5. The SMILES string of the molecule is C=CC(=O)N1CCCN(C(CC23CC(C2)C3)c2ccc([C@H](C)Nc3ncc4c(n3)N(C(C)C)C(=O)NC4)cc2)CCC1. The van der Waals surface area contributed by atoms with Crippen LogP contribution in [0.2, 0.25) is 0 Å². The Hall–Kier alpha value is -3.46. The number of amides is 3. The summed E-state index contributed by atoms with van der Waals surface area (Å²) < 4.78 is 0. The Morgan fingerprint density at radius 2 is 1.76 bits per heavy atom. The molecule has 5 aliphatic rings. The summed E-state index contributed by atoms with van der Waals surface area (Å²) in [4.78, 5) is 40.3. The molecule has 3 amide bonds. The molecule has 2 atom stereocenters. The van der Waals surface area contributed by atoms with Crippen LogP contribution in [0.5, 0.6) is 0 Å². The molecule has 1 unspecified atom stereocenters. The first-order valence-electron chi connectivity index (χ1n) is 15.7.